The van der Waals surface area contributed by atoms with Crippen molar-refractivity contribution in [3.63, 3.8) is 0 Å². The first kappa shape index (κ1) is 40.2. The largest absolute Gasteiger partial charge is 0.415 e. The number of ether oxygens (including phenoxy) is 2. The lowest BCUT2D eigenvalue weighted by Gasteiger charge is -2.48. The zero-order chi connectivity index (χ0) is 36.4. The van der Waals surface area contributed by atoms with E-state index in [0.717, 1.165) is 38.9 Å². The van der Waals surface area contributed by atoms with Crippen molar-refractivity contribution in [3.8, 4) is 5.75 Å². The van der Waals surface area contributed by atoms with E-state index in [1.807, 2.05) is 19.1 Å². The number of rotatable bonds is 7. The number of thiol groups is 1. The fourth-order valence-corrected chi connectivity index (χ4v) is 8.31. The third kappa shape index (κ3) is 9.10. The molecule has 2 aliphatic heterocycles. The minimum Gasteiger partial charge on any atom is -0.410 e. The van der Waals surface area contributed by atoms with Gasteiger partial charge in [-0.3, -0.25) is 13.6 Å². The highest BCUT2D eigenvalue weighted by Crippen LogP contribution is 2.60. The molecule has 1 amide bonds. The highest BCUT2D eigenvalue weighted by molar-refractivity contribution is 7.80. The van der Waals surface area contributed by atoms with Crippen molar-refractivity contribution in [1.29, 1.82) is 0 Å². The second-order valence-electron chi connectivity index (χ2n) is 16.0. The van der Waals surface area contributed by atoms with Crippen LogP contribution < -0.4 is 4.74 Å². The Morgan fingerprint density at radius 3 is 2.29 bits per heavy atom. The fourth-order valence-electron chi connectivity index (χ4n) is 8.15. The number of amides is 1. The van der Waals surface area contributed by atoms with Crippen molar-refractivity contribution < 1.29 is 32.2 Å². The molecule has 2 saturated heterocycles. The molecule has 0 aromatic heterocycles. The lowest BCUT2D eigenvalue weighted by molar-refractivity contribution is -0.132. The molecule has 5 aliphatic rings. The monoisotopic (exact) mass is 697 g/mol. The van der Waals surface area contributed by atoms with Crippen LogP contribution >= 0.6 is 12.6 Å². The minimum atomic E-state index is -2.98. The lowest BCUT2D eigenvalue weighted by atomic mass is 9.50. The van der Waals surface area contributed by atoms with Crippen LogP contribution in [-0.2, 0) is 16.0 Å². The molecule has 12 heteroatoms. The molecular formula is C37H53B3F3NO4S. The second kappa shape index (κ2) is 16.0. The molecule has 0 spiro atoms. The Morgan fingerprint density at radius 2 is 1.73 bits per heavy atom. The summed E-state index contributed by atoms with van der Waals surface area (Å²) in [7, 11) is 14.1. The van der Waals surface area contributed by atoms with E-state index in [-0.39, 0.29) is 24.2 Å². The highest BCUT2D eigenvalue weighted by Gasteiger charge is 2.58. The van der Waals surface area contributed by atoms with Gasteiger partial charge in [-0.15, -0.1) is 0 Å². The maximum Gasteiger partial charge on any atom is 0.415 e. The standard InChI is InChI=1S/C25H30FNO4.C7H16.C5H7B3F2S/c1-25-7-6-19-18-5-3-17(31-24(29)27-10-15-12-30-13-16(15)11-27)8-14(18)2-4-20(19)21(25)9-22(26)23(25)28;1-5-7(3,4)6-2;6-4(9,2-1-3-11)5(7,8)10/h3,5,8,15-16,19-22H,2,4,6-7,9-13H2,1H3;5-6H2,1-4H3;11H,1-3H2. The van der Waals surface area contributed by atoms with E-state index in [4.69, 9.17) is 17.3 Å². The van der Waals surface area contributed by atoms with E-state index in [0.29, 0.717) is 66.5 Å². The number of Topliss-reactive ketones (excluding diaryl/α,β-unsaturated/α-hetero) is 1. The Hall–Kier alpha value is -1.55. The number of likely N-dealkylation sites (tertiary alicyclic amines) is 1. The second-order valence-corrected chi connectivity index (χ2v) is 16.4. The maximum absolute atomic E-state index is 14.3. The van der Waals surface area contributed by atoms with E-state index < -0.39 is 22.6 Å². The summed E-state index contributed by atoms with van der Waals surface area (Å²) in [5, 5.41) is 0. The van der Waals surface area contributed by atoms with Crippen molar-refractivity contribution >= 4 is 48.0 Å². The minimum absolute atomic E-state index is 0.151. The van der Waals surface area contributed by atoms with Crippen LogP contribution in [0.3, 0.4) is 0 Å². The van der Waals surface area contributed by atoms with Gasteiger partial charge in [0.25, 0.3) is 0 Å². The molecule has 49 heavy (non-hydrogen) atoms. The van der Waals surface area contributed by atoms with Gasteiger partial charge in [0.2, 0.25) is 0 Å². The molecule has 6 rings (SSSR count). The van der Waals surface area contributed by atoms with E-state index in [1.165, 1.54) is 24.0 Å². The van der Waals surface area contributed by atoms with Crippen molar-refractivity contribution in [2.75, 3.05) is 32.1 Å². The molecule has 1 aromatic carbocycles. The SMILES string of the molecule is CC12CCC3c4ccc(OC(=O)N5CC6COCC6C5)cc4CCC3C1CC(F)C2=O.CCC(C)(C)CC.[B]C([B])(F)C([B])(F)CCCS. The third-order valence-electron chi connectivity index (χ3n) is 12.3. The summed E-state index contributed by atoms with van der Waals surface area (Å²) in [5.41, 5.74) is -3.00. The molecule has 266 valence electrons. The molecule has 8 unspecified atom stereocenters. The zero-order valence-corrected chi connectivity index (χ0v) is 30.9. The van der Waals surface area contributed by atoms with Crippen molar-refractivity contribution in [1.82, 2.24) is 4.90 Å². The number of aryl methyl sites for hydroxylation is 1. The normalized spacial score (nSPS) is 31.5. The Balaban J connectivity index is 0.000000250. The molecule has 0 bridgehead atoms. The molecule has 4 fully saturated rings. The number of benzene rings is 1. The maximum atomic E-state index is 14.3. The van der Waals surface area contributed by atoms with Crippen LogP contribution in [0.4, 0.5) is 18.0 Å². The molecule has 0 N–H and O–H groups in total. The number of carbonyl (C=O) groups excluding carboxylic acids is 2. The molecule has 6 radical (unpaired) electrons. The summed E-state index contributed by atoms with van der Waals surface area (Å²) in [5.74, 6) is 2.64. The number of nitrogens with zero attached hydrogens (tertiary/aromatic N) is 1. The predicted octanol–water partition coefficient (Wildman–Crippen LogP) is 7.46. The summed E-state index contributed by atoms with van der Waals surface area (Å²) >= 11 is 3.80. The van der Waals surface area contributed by atoms with Gasteiger partial charge in [0.1, 0.15) is 29.3 Å². The van der Waals surface area contributed by atoms with Crippen molar-refractivity contribution in [3.05, 3.63) is 29.3 Å². The van der Waals surface area contributed by atoms with Gasteiger partial charge in [0.15, 0.2) is 12.0 Å². The Bertz CT molecular complexity index is 1300. The Morgan fingerprint density at radius 1 is 1.10 bits per heavy atom. The van der Waals surface area contributed by atoms with E-state index in [9.17, 15) is 22.8 Å². The van der Waals surface area contributed by atoms with Crippen molar-refractivity contribution in [2.24, 2.45) is 34.5 Å². The van der Waals surface area contributed by atoms with E-state index >= 15 is 0 Å². The first-order valence-electron chi connectivity index (χ1n) is 18.1. The van der Waals surface area contributed by atoms with Crippen LogP contribution in [0.1, 0.15) is 103 Å². The molecule has 2 heterocycles. The molecule has 1 aromatic rings. The van der Waals surface area contributed by atoms with Gasteiger partial charge in [-0.2, -0.15) is 12.6 Å². The van der Waals surface area contributed by atoms with Crippen molar-refractivity contribution in [2.45, 2.75) is 116 Å². The topological polar surface area (TPSA) is 55.8 Å². The quantitative estimate of drug-likeness (QED) is 0.238. The number of fused-ring (bicyclic) bond motifs is 6. The summed E-state index contributed by atoms with van der Waals surface area (Å²) in [4.78, 5) is 26.9. The van der Waals surface area contributed by atoms with Gasteiger partial charge in [0, 0.05) is 30.3 Å². The third-order valence-corrected chi connectivity index (χ3v) is 12.7. The van der Waals surface area contributed by atoms with E-state index in [2.05, 4.69) is 62.1 Å². The van der Waals surface area contributed by atoms with Crippen LogP contribution in [0.15, 0.2) is 18.2 Å². The zero-order valence-electron chi connectivity index (χ0n) is 30.0. The Kier molecular flexibility index (Phi) is 13.1. The highest BCUT2D eigenvalue weighted by atomic mass is 32.1. The number of ketones is 1. The van der Waals surface area contributed by atoms with Gasteiger partial charge in [-0.05, 0) is 97.1 Å². The van der Waals surface area contributed by atoms with Crippen LogP contribution in [0, 0.1) is 34.5 Å². The summed E-state index contributed by atoms with van der Waals surface area (Å²) in [6, 6.07) is 6.04. The van der Waals surface area contributed by atoms with Crippen LogP contribution in [-0.4, -0.2) is 89.6 Å². The smallest absolute Gasteiger partial charge is 0.410 e. The predicted molar refractivity (Wildman–Crippen MR) is 194 cm³/mol. The summed E-state index contributed by atoms with van der Waals surface area (Å²) in [6.45, 7) is 14.0. The molecule has 5 nitrogen and oxygen atoms in total. The summed E-state index contributed by atoms with van der Waals surface area (Å²) < 4.78 is 50.9. The molecular weight excluding hydrogens is 644 g/mol. The number of alkyl halides is 3. The van der Waals surface area contributed by atoms with Crippen LogP contribution in [0.25, 0.3) is 0 Å². The molecule has 2 saturated carbocycles. The molecule has 8 atom stereocenters. The average molecular weight is 697 g/mol. The number of halogens is 3. The fraction of sp³-hybridized carbons (Fsp3) is 0.784. The summed E-state index contributed by atoms with van der Waals surface area (Å²) in [6.07, 6.45) is 5.10. The van der Waals surface area contributed by atoms with Gasteiger partial charge in [0.05, 0.1) is 24.2 Å². The van der Waals surface area contributed by atoms with Gasteiger partial charge >= 0.3 is 6.09 Å². The number of hydrogen-bond acceptors (Lipinski definition) is 5. The average Bonchev–Trinajstić information content (AvgIpc) is 3.73. The van der Waals surface area contributed by atoms with Gasteiger partial charge in [-0.25, -0.2) is 9.18 Å². The van der Waals surface area contributed by atoms with Crippen LogP contribution in [0.5, 0.6) is 5.75 Å². The number of carbonyl (C=O) groups is 2. The van der Waals surface area contributed by atoms with Crippen LogP contribution in [0.2, 0.25) is 0 Å². The Labute approximate surface area is 301 Å². The van der Waals surface area contributed by atoms with Gasteiger partial charge in [-0.1, -0.05) is 53.5 Å². The van der Waals surface area contributed by atoms with E-state index in [1.54, 1.807) is 4.90 Å². The first-order chi connectivity index (χ1) is 22.9. The lowest BCUT2D eigenvalue weighted by Crippen LogP contribution is -2.49. The molecule has 3 aliphatic carbocycles. The number of hydrogen-bond donors (Lipinski definition) is 1. The van der Waals surface area contributed by atoms with Gasteiger partial charge < -0.3 is 14.4 Å². The first-order valence-corrected chi connectivity index (χ1v) is 18.7.